The molecule has 6 heteroatoms. The number of fused-ring (bicyclic) bond motifs is 2. The molecule has 2 unspecified atom stereocenters. The Hall–Kier alpha value is -1.59. The van der Waals surface area contributed by atoms with Crippen molar-refractivity contribution in [1.29, 1.82) is 0 Å². The van der Waals surface area contributed by atoms with E-state index in [9.17, 15) is 9.59 Å². The number of nitrogens with two attached hydrogens (primary N) is 1. The Balaban J connectivity index is 0.00000243. The fourth-order valence-corrected chi connectivity index (χ4v) is 4.29. The molecule has 0 aromatic heterocycles. The van der Waals surface area contributed by atoms with E-state index in [2.05, 4.69) is 5.32 Å². The molecule has 2 fully saturated rings. The first-order valence-electron chi connectivity index (χ1n) is 9.29. The van der Waals surface area contributed by atoms with Crippen molar-refractivity contribution in [2.45, 2.75) is 44.6 Å². The summed E-state index contributed by atoms with van der Waals surface area (Å²) in [5.41, 5.74) is 8.06. The number of amides is 2. The van der Waals surface area contributed by atoms with E-state index in [1.54, 1.807) is 19.0 Å². The molecular weight excluding hydrogens is 350 g/mol. The molecule has 26 heavy (non-hydrogen) atoms. The van der Waals surface area contributed by atoms with Gasteiger partial charge >= 0.3 is 0 Å². The van der Waals surface area contributed by atoms with Crippen LogP contribution in [0.25, 0.3) is 0 Å². The van der Waals surface area contributed by atoms with E-state index < -0.39 is 0 Å². The lowest BCUT2D eigenvalue weighted by Gasteiger charge is -2.43. The molecule has 1 aromatic carbocycles. The van der Waals surface area contributed by atoms with Crippen molar-refractivity contribution >= 4 is 29.9 Å². The number of rotatable bonds is 4. The largest absolute Gasteiger partial charge is 0.349 e. The molecule has 3 rings (SSSR count). The highest BCUT2D eigenvalue weighted by Gasteiger charge is 2.40. The lowest BCUT2D eigenvalue weighted by molar-refractivity contribution is -0.128. The summed E-state index contributed by atoms with van der Waals surface area (Å²) in [6, 6.07) is 7.86. The molecule has 1 aromatic rings. The minimum Gasteiger partial charge on any atom is -0.349 e. The molecular formula is C20H30ClN3O2. The van der Waals surface area contributed by atoms with Gasteiger partial charge in [-0.15, -0.1) is 12.4 Å². The number of hydrogen-bond donors (Lipinski definition) is 2. The summed E-state index contributed by atoms with van der Waals surface area (Å²) >= 11 is 0. The minimum absolute atomic E-state index is 0. The first-order valence-corrected chi connectivity index (χ1v) is 9.29. The van der Waals surface area contributed by atoms with Gasteiger partial charge in [0, 0.05) is 31.7 Å². The van der Waals surface area contributed by atoms with Crippen LogP contribution in [-0.2, 0) is 16.0 Å². The molecule has 2 bridgehead atoms. The van der Waals surface area contributed by atoms with Gasteiger partial charge in [0.25, 0.3) is 0 Å². The molecule has 144 valence electrons. The van der Waals surface area contributed by atoms with Gasteiger partial charge in [-0.05, 0) is 55.2 Å². The summed E-state index contributed by atoms with van der Waals surface area (Å²) in [6.45, 7) is 0. The van der Waals surface area contributed by atoms with Crippen LogP contribution in [0.4, 0.5) is 5.69 Å². The molecule has 2 saturated carbocycles. The van der Waals surface area contributed by atoms with Crippen LogP contribution in [0, 0.1) is 17.8 Å². The van der Waals surface area contributed by atoms with E-state index in [0.717, 1.165) is 36.9 Å². The van der Waals surface area contributed by atoms with Gasteiger partial charge in [0.15, 0.2) is 0 Å². The Kier molecular flexibility index (Phi) is 7.07. The maximum atomic E-state index is 12.6. The summed E-state index contributed by atoms with van der Waals surface area (Å²) < 4.78 is 0. The van der Waals surface area contributed by atoms with E-state index in [0.29, 0.717) is 18.3 Å². The first kappa shape index (κ1) is 20.7. The fourth-order valence-electron chi connectivity index (χ4n) is 4.29. The van der Waals surface area contributed by atoms with Crippen molar-refractivity contribution in [2.24, 2.45) is 23.5 Å². The van der Waals surface area contributed by atoms with E-state index in [4.69, 9.17) is 5.73 Å². The molecule has 2 aliphatic carbocycles. The smallest absolute Gasteiger partial charge is 0.227 e. The number of benzene rings is 1. The average Bonchev–Trinajstić information content (AvgIpc) is 2.56. The van der Waals surface area contributed by atoms with E-state index in [-0.39, 0.29) is 36.2 Å². The molecule has 0 spiro atoms. The van der Waals surface area contributed by atoms with Crippen molar-refractivity contribution in [3.05, 3.63) is 29.8 Å². The quantitative estimate of drug-likeness (QED) is 0.844. The van der Waals surface area contributed by atoms with Crippen LogP contribution in [0.1, 0.15) is 37.7 Å². The number of anilines is 1. The zero-order chi connectivity index (χ0) is 18.0. The summed E-state index contributed by atoms with van der Waals surface area (Å²) in [5.74, 6) is 1.26. The van der Waals surface area contributed by atoms with Crippen LogP contribution >= 0.6 is 12.4 Å². The third kappa shape index (κ3) is 4.77. The van der Waals surface area contributed by atoms with Gasteiger partial charge in [-0.1, -0.05) is 18.6 Å². The highest BCUT2D eigenvalue weighted by atomic mass is 35.5. The van der Waals surface area contributed by atoms with Crippen molar-refractivity contribution in [2.75, 3.05) is 19.4 Å². The lowest BCUT2D eigenvalue weighted by atomic mass is 9.65. The van der Waals surface area contributed by atoms with E-state index in [1.165, 1.54) is 6.42 Å². The standard InChI is InChI=1S/C20H29N3O2.ClH/c1-23(2)18(24)10-13-6-8-17(9-7-13)22-20(25)16-11-14-4-3-5-15(12-16)19(14)21;/h6-9,14-16,19H,3-5,10-12,21H2,1-2H3,(H,22,25);1H. The van der Waals surface area contributed by atoms with Crippen molar-refractivity contribution in [3.8, 4) is 0 Å². The second-order valence-corrected chi connectivity index (χ2v) is 7.85. The molecule has 5 nitrogen and oxygen atoms in total. The van der Waals surface area contributed by atoms with Gasteiger partial charge < -0.3 is 16.0 Å². The Bertz CT molecular complexity index is 618. The van der Waals surface area contributed by atoms with Crippen molar-refractivity contribution < 1.29 is 9.59 Å². The van der Waals surface area contributed by atoms with Gasteiger partial charge in [0.1, 0.15) is 0 Å². The minimum atomic E-state index is 0. The summed E-state index contributed by atoms with van der Waals surface area (Å²) in [7, 11) is 3.50. The SMILES string of the molecule is CN(C)C(=O)Cc1ccc(NC(=O)C2CC3CCCC(C2)C3N)cc1.Cl. The number of nitrogens with zero attached hydrogens (tertiary/aromatic N) is 1. The maximum Gasteiger partial charge on any atom is 0.227 e. The van der Waals surface area contributed by atoms with Gasteiger partial charge in [0.2, 0.25) is 11.8 Å². The van der Waals surface area contributed by atoms with Gasteiger partial charge in [0.05, 0.1) is 6.42 Å². The summed E-state index contributed by atoms with van der Waals surface area (Å²) in [6.07, 6.45) is 5.79. The molecule has 3 N–H and O–H groups in total. The fraction of sp³-hybridized carbons (Fsp3) is 0.600. The van der Waals surface area contributed by atoms with Crippen molar-refractivity contribution in [1.82, 2.24) is 4.90 Å². The Morgan fingerprint density at radius 3 is 2.23 bits per heavy atom. The first-order chi connectivity index (χ1) is 11.9. The number of likely N-dealkylation sites (N-methyl/N-ethyl adjacent to an activating group) is 1. The number of hydrogen-bond acceptors (Lipinski definition) is 3. The van der Waals surface area contributed by atoms with Gasteiger partial charge in [-0.2, -0.15) is 0 Å². The van der Waals surface area contributed by atoms with Gasteiger partial charge in [-0.25, -0.2) is 0 Å². The van der Waals surface area contributed by atoms with Crippen LogP contribution in [0.2, 0.25) is 0 Å². The number of nitrogens with one attached hydrogen (secondary N) is 1. The topological polar surface area (TPSA) is 75.4 Å². The molecule has 0 heterocycles. The van der Waals surface area contributed by atoms with Crippen LogP contribution in [0.3, 0.4) is 0 Å². The molecule has 2 aliphatic rings. The van der Waals surface area contributed by atoms with Crippen molar-refractivity contribution in [3.63, 3.8) is 0 Å². The number of carbonyl (C=O) groups excluding carboxylic acids is 2. The zero-order valence-electron chi connectivity index (χ0n) is 15.6. The molecule has 2 amide bonds. The highest BCUT2D eigenvalue weighted by molar-refractivity contribution is 5.92. The maximum absolute atomic E-state index is 12.6. The number of halogens is 1. The molecule has 2 atom stereocenters. The summed E-state index contributed by atoms with van der Waals surface area (Å²) in [4.78, 5) is 26.0. The lowest BCUT2D eigenvalue weighted by Crippen LogP contribution is -2.48. The molecule has 0 radical (unpaired) electrons. The zero-order valence-corrected chi connectivity index (χ0v) is 16.4. The Morgan fingerprint density at radius 1 is 1.12 bits per heavy atom. The predicted octanol–water partition coefficient (Wildman–Crippen LogP) is 2.83. The van der Waals surface area contributed by atoms with Crippen LogP contribution in [0.15, 0.2) is 24.3 Å². The molecule has 0 saturated heterocycles. The summed E-state index contributed by atoms with van der Waals surface area (Å²) in [5, 5.41) is 3.04. The predicted molar refractivity (Wildman–Crippen MR) is 106 cm³/mol. The monoisotopic (exact) mass is 379 g/mol. The third-order valence-corrected chi connectivity index (χ3v) is 5.86. The Labute approximate surface area is 162 Å². The third-order valence-electron chi connectivity index (χ3n) is 5.86. The second kappa shape index (κ2) is 8.87. The average molecular weight is 380 g/mol. The van der Waals surface area contributed by atoms with Crippen LogP contribution in [0.5, 0.6) is 0 Å². The normalized spacial score (nSPS) is 27.2. The second-order valence-electron chi connectivity index (χ2n) is 7.85. The molecule has 0 aliphatic heterocycles. The highest BCUT2D eigenvalue weighted by Crippen LogP contribution is 2.42. The Morgan fingerprint density at radius 2 is 1.69 bits per heavy atom. The van der Waals surface area contributed by atoms with E-state index in [1.807, 2.05) is 24.3 Å². The number of carbonyl (C=O) groups is 2. The van der Waals surface area contributed by atoms with Crippen LogP contribution in [-0.4, -0.2) is 36.9 Å². The van der Waals surface area contributed by atoms with Crippen LogP contribution < -0.4 is 11.1 Å². The van der Waals surface area contributed by atoms with Gasteiger partial charge in [-0.3, -0.25) is 9.59 Å². The van der Waals surface area contributed by atoms with E-state index >= 15 is 0 Å².